The summed E-state index contributed by atoms with van der Waals surface area (Å²) in [6.45, 7) is 0.669. The molecule has 3 rings (SSSR count). The Morgan fingerprint density at radius 2 is 2.12 bits per heavy atom. The number of anilines is 1. The second-order valence-corrected chi connectivity index (χ2v) is 8.92. The molecule has 1 amide bonds. The van der Waals surface area contributed by atoms with Crippen LogP contribution in [-0.2, 0) is 14.6 Å². The summed E-state index contributed by atoms with van der Waals surface area (Å²) in [5, 5.41) is 12.4. The molecule has 0 spiro atoms. The summed E-state index contributed by atoms with van der Waals surface area (Å²) in [6.07, 6.45) is 4.09. The van der Waals surface area contributed by atoms with Crippen LogP contribution in [-0.4, -0.2) is 43.2 Å². The molecule has 0 saturated carbocycles. The van der Waals surface area contributed by atoms with Crippen LogP contribution in [0.4, 0.5) is 5.69 Å². The number of nitrogens with one attached hydrogen (secondary N) is 1. The number of carbonyl (C=O) groups excluding carboxylic acids is 1. The molecule has 0 aliphatic carbocycles. The fourth-order valence-electron chi connectivity index (χ4n) is 2.52. The lowest BCUT2D eigenvalue weighted by molar-refractivity contribution is 0.0696. The number of nitrogens with zero attached hydrogens (tertiary/aromatic N) is 1. The van der Waals surface area contributed by atoms with Crippen LogP contribution in [0.1, 0.15) is 44.0 Å². The van der Waals surface area contributed by atoms with Gasteiger partial charge in [-0.1, -0.05) is 0 Å². The number of carbonyl (C=O) groups is 2. The monoisotopic (exact) mass is 396 g/mol. The largest absolute Gasteiger partial charge is 0.478 e. The number of amides is 1. The first kappa shape index (κ1) is 18.5. The first-order valence-corrected chi connectivity index (χ1v) is 10.4. The van der Waals surface area contributed by atoms with Crippen molar-refractivity contribution >= 4 is 38.7 Å². The molecular weight excluding hydrogens is 380 g/mol. The third-order valence-electron chi connectivity index (χ3n) is 3.79. The van der Waals surface area contributed by atoms with Crippen molar-refractivity contribution in [3.8, 4) is 0 Å². The topological polar surface area (TPSA) is 123 Å². The van der Waals surface area contributed by atoms with Crippen molar-refractivity contribution in [1.82, 2.24) is 4.98 Å². The molecule has 8 nitrogen and oxygen atoms in total. The molecule has 0 radical (unpaired) electrons. The summed E-state index contributed by atoms with van der Waals surface area (Å²) in [4.78, 5) is 28.0. The molecule has 0 bridgehead atoms. The first-order valence-electron chi connectivity index (χ1n) is 7.71. The third kappa shape index (κ3) is 4.09. The van der Waals surface area contributed by atoms with E-state index in [0.717, 1.165) is 25.2 Å². The third-order valence-corrected chi connectivity index (χ3v) is 5.97. The van der Waals surface area contributed by atoms with E-state index < -0.39 is 21.7 Å². The van der Waals surface area contributed by atoms with Crippen LogP contribution in [0.5, 0.6) is 0 Å². The van der Waals surface area contributed by atoms with Crippen LogP contribution in [0.2, 0.25) is 0 Å². The van der Waals surface area contributed by atoms with Crippen LogP contribution in [0, 0.1) is 0 Å². The van der Waals surface area contributed by atoms with Gasteiger partial charge in [-0.05, 0) is 31.0 Å². The molecule has 2 aromatic rings. The maximum absolute atomic E-state index is 12.4. The first-order chi connectivity index (χ1) is 12.2. The molecule has 1 saturated heterocycles. The van der Waals surface area contributed by atoms with Gasteiger partial charge in [-0.2, -0.15) is 0 Å². The number of ether oxygens (including phenoxy) is 1. The fourth-order valence-corrected chi connectivity index (χ4v) is 4.09. The zero-order valence-corrected chi connectivity index (χ0v) is 15.4. The Labute approximate surface area is 153 Å². The Kier molecular flexibility index (Phi) is 5.08. The number of hydrogen-bond acceptors (Lipinski definition) is 7. The number of sulfone groups is 1. The average Bonchev–Trinajstić information content (AvgIpc) is 3.25. The molecule has 1 fully saturated rings. The summed E-state index contributed by atoms with van der Waals surface area (Å²) < 4.78 is 29.0. The second-order valence-electron chi connectivity index (χ2n) is 5.84. The van der Waals surface area contributed by atoms with Gasteiger partial charge in [0.15, 0.2) is 9.84 Å². The highest BCUT2D eigenvalue weighted by molar-refractivity contribution is 7.90. The Balaban J connectivity index is 1.84. The van der Waals surface area contributed by atoms with E-state index in [4.69, 9.17) is 9.84 Å². The van der Waals surface area contributed by atoms with E-state index in [0.29, 0.717) is 16.5 Å². The van der Waals surface area contributed by atoms with Gasteiger partial charge in [0.05, 0.1) is 16.7 Å². The van der Waals surface area contributed by atoms with E-state index in [1.807, 2.05) is 0 Å². The molecule has 10 heteroatoms. The van der Waals surface area contributed by atoms with Gasteiger partial charge < -0.3 is 15.2 Å². The number of thiazole rings is 1. The van der Waals surface area contributed by atoms with E-state index in [2.05, 4.69) is 10.3 Å². The zero-order valence-electron chi connectivity index (χ0n) is 13.8. The van der Waals surface area contributed by atoms with E-state index in [1.165, 1.54) is 29.7 Å². The van der Waals surface area contributed by atoms with Crippen molar-refractivity contribution in [3.63, 3.8) is 0 Å². The van der Waals surface area contributed by atoms with Gasteiger partial charge in [-0.25, -0.2) is 18.2 Å². The molecule has 2 N–H and O–H groups in total. The molecule has 2 heterocycles. The molecule has 1 unspecified atom stereocenters. The molecule has 138 valence electrons. The van der Waals surface area contributed by atoms with Crippen LogP contribution in [0.25, 0.3) is 0 Å². The van der Waals surface area contributed by atoms with Gasteiger partial charge in [-0.15, -0.1) is 11.3 Å². The van der Waals surface area contributed by atoms with Gasteiger partial charge >= 0.3 is 5.97 Å². The number of aromatic nitrogens is 1. The minimum Gasteiger partial charge on any atom is -0.478 e. The van der Waals surface area contributed by atoms with Crippen LogP contribution >= 0.6 is 11.3 Å². The maximum Gasteiger partial charge on any atom is 0.335 e. The molecule has 1 aromatic carbocycles. The smallest absolute Gasteiger partial charge is 0.335 e. The number of benzene rings is 1. The number of hydrogen-bond donors (Lipinski definition) is 2. The zero-order chi connectivity index (χ0) is 18.9. The standard InChI is InChI=1S/C16H16N2O6S2/c1-26(22,23)11-6-9(16(20)21)5-10(7-11)18-14(19)13-8-17-15(25-13)12-3-2-4-24-12/h5-8,12H,2-4H2,1H3,(H,18,19)(H,20,21). The van der Waals surface area contributed by atoms with Gasteiger partial charge in [0.1, 0.15) is 16.0 Å². The summed E-state index contributed by atoms with van der Waals surface area (Å²) in [7, 11) is -3.63. The molecule has 1 aromatic heterocycles. The van der Waals surface area contributed by atoms with Crippen molar-refractivity contribution in [2.75, 3.05) is 18.2 Å². The van der Waals surface area contributed by atoms with Crippen molar-refractivity contribution in [2.45, 2.75) is 23.8 Å². The Bertz CT molecular complexity index is 961. The molecule has 26 heavy (non-hydrogen) atoms. The minimum atomic E-state index is -3.63. The van der Waals surface area contributed by atoms with E-state index in [-0.39, 0.29) is 22.3 Å². The van der Waals surface area contributed by atoms with Gasteiger partial charge in [-0.3, -0.25) is 4.79 Å². The SMILES string of the molecule is CS(=O)(=O)c1cc(NC(=O)c2cnc(C3CCCO3)s2)cc(C(=O)O)c1. The highest BCUT2D eigenvalue weighted by Gasteiger charge is 2.23. The number of aromatic carboxylic acids is 1. The lowest BCUT2D eigenvalue weighted by Crippen LogP contribution is -2.12. The summed E-state index contributed by atoms with van der Waals surface area (Å²) in [5.74, 6) is -1.78. The number of carboxylic acid groups (broad SMARTS) is 1. The Hall–Kier alpha value is -2.30. The molecule has 1 aliphatic heterocycles. The quantitative estimate of drug-likeness (QED) is 0.795. The lowest BCUT2D eigenvalue weighted by Gasteiger charge is -2.08. The summed E-state index contributed by atoms with van der Waals surface area (Å²) >= 11 is 1.20. The molecule has 1 aliphatic rings. The molecule has 1 atom stereocenters. The summed E-state index contributed by atoms with van der Waals surface area (Å²) in [5.41, 5.74) is -0.144. The predicted octanol–water partition coefficient (Wildman–Crippen LogP) is 2.35. The van der Waals surface area contributed by atoms with E-state index >= 15 is 0 Å². The fraction of sp³-hybridized carbons (Fsp3) is 0.312. The average molecular weight is 396 g/mol. The Morgan fingerprint density at radius 1 is 1.35 bits per heavy atom. The van der Waals surface area contributed by atoms with E-state index in [9.17, 15) is 18.0 Å². The van der Waals surface area contributed by atoms with E-state index in [1.54, 1.807) is 0 Å². The number of rotatable bonds is 5. The van der Waals surface area contributed by atoms with Gasteiger partial charge in [0, 0.05) is 18.6 Å². The highest BCUT2D eigenvalue weighted by atomic mass is 32.2. The Morgan fingerprint density at radius 3 is 2.73 bits per heavy atom. The predicted molar refractivity (Wildman–Crippen MR) is 94.5 cm³/mol. The van der Waals surface area contributed by atoms with Crippen molar-refractivity contribution < 1.29 is 27.9 Å². The summed E-state index contributed by atoms with van der Waals surface area (Å²) in [6, 6.07) is 3.48. The normalized spacial score (nSPS) is 17.2. The lowest BCUT2D eigenvalue weighted by atomic mass is 10.2. The van der Waals surface area contributed by atoms with Crippen LogP contribution in [0.15, 0.2) is 29.3 Å². The highest BCUT2D eigenvalue weighted by Crippen LogP contribution is 2.31. The van der Waals surface area contributed by atoms with Crippen molar-refractivity contribution in [3.05, 3.63) is 39.8 Å². The van der Waals surface area contributed by atoms with Crippen LogP contribution < -0.4 is 5.32 Å². The minimum absolute atomic E-state index is 0.0855. The second kappa shape index (κ2) is 7.14. The van der Waals surface area contributed by atoms with Crippen molar-refractivity contribution in [2.24, 2.45) is 0 Å². The maximum atomic E-state index is 12.4. The van der Waals surface area contributed by atoms with Crippen LogP contribution in [0.3, 0.4) is 0 Å². The van der Waals surface area contributed by atoms with Crippen molar-refractivity contribution in [1.29, 1.82) is 0 Å². The molecular formula is C16H16N2O6S2. The van der Waals surface area contributed by atoms with Gasteiger partial charge in [0.2, 0.25) is 0 Å². The van der Waals surface area contributed by atoms with Gasteiger partial charge in [0.25, 0.3) is 5.91 Å². The number of carboxylic acids is 1.